The topological polar surface area (TPSA) is 45.8 Å². The van der Waals surface area contributed by atoms with E-state index in [-0.39, 0.29) is 11.4 Å². The maximum absolute atomic E-state index is 13.2. The molecule has 0 aliphatic rings. The summed E-state index contributed by atoms with van der Waals surface area (Å²) in [6.07, 6.45) is 0. The van der Waals surface area contributed by atoms with Crippen molar-refractivity contribution in [1.82, 2.24) is 9.97 Å². The Hall–Kier alpha value is -2.49. The number of aryl methyl sites for hydroxylation is 1. The van der Waals surface area contributed by atoms with Crippen molar-refractivity contribution in [1.29, 1.82) is 0 Å². The number of fused-ring (bicyclic) bond motifs is 1. The van der Waals surface area contributed by atoms with E-state index in [1.807, 2.05) is 19.1 Å². The number of nitrogens with zero attached hydrogens (tertiary/aromatic N) is 1. The molecule has 0 saturated heterocycles. The molecule has 0 unspecified atom stereocenters. The number of aromatic amines is 1. The van der Waals surface area contributed by atoms with E-state index in [0.29, 0.717) is 22.3 Å². The summed E-state index contributed by atoms with van der Waals surface area (Å²) >= 11 is 0. The van der Waals surface area contributed by atoms with Gasteiger partial charge in [0.25, 0.3) is 5.56 Å². The van der Waals surface area contributed by atoms with Gasteiger partial charge in [0.15, 0.2) is 0 Å². The third-order valence-electron chi connectivity index (χ3n) is 3.04. The van der Waals surface area contributed by atoms with Crippen LogP contribution in [0.5, 0.6) is 0 Å². The Morgan fingerprint density at radius 3 is 2.74 bits per heavy atom. The van der Waals surface area contributed by atoms with Crippen molar-refractivity contribution in [2.75, 3.05) is 0 Å². The summed E-state index contributed by atoms with van der Waals surface area (Å²) in [5.74, 6) is 0.0205. The molecule has 0 spiro atoms. The van der Waals surface area contributed by atoms with Crippen LogP contribution in [0.15, 0.2) is 47.3 Å². The summed E-state index contributed by atoms with van der Waals surface area (Å²) in [6, 6.07) is 11.5. The van der Waals surface area contributed by atoms with Crippen molar-refractivity contribution in [2.24, 2.45) is 0 Å². The zero-order chi connectivity index (χ0) is 13.4. The molecule has 0 fully saturated rings. The second-order valence-electron chi connectivity index (χ2n) is 4.39. The number of rotatable bonds is 1. The van der Waals surface area contributed by atoms with Crippen molar-refractivity contribution < 1.29 is 4.39 Å². The molecule has 3 rings (SSSR count). The molecule has 19 heavy (non-hydrogen) atoms. The molecule has 94 valence electrons. The second-order valence-corrected chi connectivity index (χ2v) is 4.39. The van der Waals surface area contributed by atoms with Crippen LogP contribution in [0.1, 0.15) is 5.56 Å². The van der Waals surface area contributed by atoms with E-state index in [0.717, 1.165) is 5.56 Å². The minimum absolute atomic E-state index is 0.206. The predicted molar refractivity (Wildman–Crippen MR) is 72.5 cm³/mol. The zero-order valence-corrected chi connectivity index (χ0v) is 10.3. The minimum atomic E-state index is -0.357. The first-order valence-corrected chi connectivity index (χ1v) is 5.91. The van der Waals surface area contributed by atoms with Crippen LogP contribution in [0.2, 0.25) is 0 Å². The Morgan fingerprint density at radius 2 is 1.95 bits per heavy atom. The minimum Gasteiger partial charge on any atom is -0.306 e. The van der Waals surface area contributed by atoms with E-state index in [1.54, 1.807) is 18.2 Å². The lowest BCUT2D eigenvalue weighted by atomic mass is 10.1. The molecule has 0 saturated carbocycles. The van der Waals surface area contributed by atoms with Crippen molar-refractivity contribution >= 4 is 10.9 Å². The van der Waals surface area contributed by atoms with Gasteiger partial charge in [0.05, 0.1) is 10.9 Å². The van der Waals surface area contributed by atoms with E-state index in [2.05, 4.69) is 9.97 Å². The van der Waals surface area contributed by atoms with E-state index >= 15 is 0 Å². The van der Waals surface area contributed by atoms with Gasteiger partial charge in [-0.1, -0.05) is 24.3 Å². The molecule has 1 aromatic heterocycles. The van der Waals surface area contributed by atoms with Crippen molar-refractivity contribution in [3.63, 3.8) is 0 Å². The summed E-state index contributed by atoms with van der Waals surface area (Å²) in [6.45, 7) is 1.86. The van der Waals surface area contributed by atoms with Gasteiger partial charge in [0.2, 0.25) is 0 Å². The Kier molecular flexibility index (Phi) is 2.63. The normalized spacial score (nSPS) is 10.8. The zero-order valence-electron chi connectivity index (χ0n) is 10.3. The van der Waals surface area contributed by atoms with Crippen LogP contribution < -0.4 is 5.56 Å². The molecule has 2 aromatic carbocycles. The summed E-state index contributed by atoms with van der Waals surface area (Å²) in [5.41, 5.74) is 1.84. The smallest absolute Gasteiger partial charge is 0.259 e. The van der Waals surface area contributed by atoms with Crippen LogP contribution in [0, 0.1) is 12.7 Å². The fourth-order valence-corrected chi connectivity index (χ4v) is 2.13. The van der Waals surface area contributed by atoms with Gasteiger partial charge in [-0.3, -0.25) is 4.79 Å². The second kappa shape index (κ2) is 4.31. The molecule has 1 N–H and O–H groups in total. The average molecular weight is 254 g/mol. The summed E-state index contributed by atoms with van der Waals surface area (Å²) in [4.78, 5) is 19.2. The third-order valence-corrected chi connectivity index (χ3v) is 3.04. The summed E-state index contributed by atoms with van der Waals surface area (Å²) in [5, 5.41) is 0.572. The molecular formula is C15H11FN2O. The van der Waals surface area contributed by atoms with Gasteiger partial charge in [-0.2, -0.15) is 0 Å². The molecule has 0 bridgehead atoms. The quantitative estimate of drug-likeness (QED) is 0.725. The Balaban J connectivity index is 2.30. The van der Waals surface area contributed by atoms with Gasteiger partial charge >= 0.3 is 0 Å². The van der Waals surface area contributed by atoms with Crippen molar-refractivity contribution in [2.45, 2.75) is 6.92 Å². The lowest BCUT2D eigenvalue weighted by Crippen LogP contribution is -2.10. The van der Waals surface area contributed by atoms with Crippen LogP contribution in [0.3, 0.4) is 0 Å². The van der Waals surface area contributed by atoms with Crippen LogP contribution in [-0.2, 0) is 0 Å². The maximum Gasteiger partial charge on any atom is 0.259 e. The first-order valence-electron chi connectivity index (χ1n) is 5.91. The van der Waals surface area contributed by atoms with Gasteiger partial charge in [-0.15, -0.1) is 0 Å². The fraction of sp³-hybridized carbons (Fsp3) is 0.0667. The van der Waals surface area contributed by atoms with Crippen LogP contribution in [-0.4, -0.2) is 9.97 Å². The largest absolute Gasteiger partial charge is 0.306 e. The lowest BCUT2D eigenvalue weighted by molar-refractivity contribution is 0.628. The van der Waals surface area contributed by atoms with Gasteiger partial charge < -0.3 is 4.98 Å². The van der Waals surface area contributed by atoms with Crippen molar-refractivity contribution in [3.8, 4) is 11.4 Å². The third kappa shape index (κ3) is 2.01. The summed E-state index contributed by atoms with van der Waals surface area (Å²) in [7, 11) is 0. The molecule has 4 heteroatoms. The Morgan fingerprint density at radius 1 is 1.16 bits per heavy atom. The number of halogens is 1. The standard InChI is InChI=1S/C15H11FN2O/c1-9-4-2-7-12-13(9)15(19)18-14(17-12)10-5-3-6-11(16)8-10/h2-8H,1H3,(H,17,18,19). The predicted octanol–water partition coefficient (Wildman–Crippen LogP) is 3.04. The maximum atomic E-state index is 13.2. The fourth-order valence-electron chi connectivity index (χ4n) is 2.13. The molecule has 0 aliphatic heterocycles. The number of H-pyrrole nitrogens is 1. The highest BCUT2D eigenvalue weighted by molar-refractivity contribution is 5.82. The van der Waals surface area contributed by atoms with Gasteiger partial charge in [0, 0.05) is 5.56 Å². The molecule has 0 radical (unpaired) electrons. The molecule has 3 aromatic rings. The number of hydrogen-bond acceptors (Lipinski definition) is 2. The van der Waals surface area contributed by atoms with Crippen LogP contribution in [0.25, 0.3) is 22.3 Å². The highest BCUT2D eigenvalue weighted by atomic mass is 19.1. The summed E-state index contributed by atoms with van der Waals surface area (Å²) < 4.78 is 13.2. The lowest BCUT2D eigenvalue weighted by Gasteiger charge is -2.04. The molecule has 1 heterocycles. The number of hydrogen-bond donors (Lipinski definition) is 1. The monoisotopic (exact) mass is 254 g/mol. The van der Waals surface area contributed by atoms with Crippen LogP contribution in [0.4, 0.5) is 4.39 Å². The highest BCUT2D eigenvalue weighted by Crippen LogP contribution is 2.18. The SMILES string of the molecule is Cc1cccc2nc(-c3cccc(F)c3)[nH]c(=O)c12. The molecule has 0 atom stereocenters. The molecule has 0 aliphatic carbocycles. The molecular weight excluding hydrogens is 243 g/mol. The number of benzene rings is 2. The van der Waals surface area contributed by atoms with Crippen LogP contribution >= 0.6 is 0 Å². The molecule has 3 nitrogen and oxygen atoms in total. The van der Waals surface area contributed by atoms with E-state index in [4.69, 9.17) is 0 Å². The Bertz CT molecular complexity index is 824. The van der Waals surface area contributed by atoms with Gasteiger partial charge in [0.1, 0.15) is 11.6 Å². The first-order chi connectivity index (χ1) is 9.15. The van der Waals surface area contributed by atoms with E-state index in [9.17, 15) is 9.18 Å². The van der Waals surface area contributed by atoms with Gasteiger partial charge in [-0.05, 0) is 30.7 Å². The van der Waals surface area contributed by atoms with E-state index < -0.39 is 0 Å². The number of nitrogens with one attached hydrogen (secondary N) is 1. The first kappa shape index (κ1) is 11.6. The number of aromatic nitrogens is 2. The van der Waals surface area contributed by atoms with Gasteiger partial charge in [-0.25, -0.2) is 9.37 Å². The average Bonchev–Trinajstić information content (AvgIpc) is 2.38. The van der Waals surface area contributed by atoms with E-state index in [1.165, 1.54) is 12.1 Å². The molecule has 0 amide bonds. The Labute approximate surface area is 108 Å². The van der Waals surface area contributed by atoms with Crippen molar-refractivity contribution in [3.05, 3.63) is 64.2 Å². The highest BCUT2D eigenvalue weighted by Gasteiger charge is 2.08.